The SMILES string of the molecule is CC(C)c1csc(C2CCCN(C(=O)C3CCC(N)C3)C2)n1. The number of nitrogens with zero attached hydrogens (tertiary/aromatic N) is 2. The van der Waals surface area contributed by atoms with E-state index in [0.717, 1.165) is 45.2 Å². The molecule has 4 nitrogen and oxygen atoms in total. The highest BCUT2D eigenvalue weighted by Gasteiger charge is 2.34. The van der Waals surface area contributed by atoms with Crippen molar-refractivity contribution in [2.45, 2.75) is 63.8 Å². The summed E-state index contributed by atoms with van der Waals surface area (Å²) < 4.78 is 0. The van der Waals surface area contributed by atoms with E-state index in [9.17, 15) is 4.79 Å². The van der Waals surface area contributed by atoms with E-state index in [1.165, 1.54) is 10.7 Å². The second kappa shape index (κ2) is 6.67. The number of carbonyl (C=O) groups excluding carboxylic acids is 1. The number of hydrogen-bond acceptors (Lipinski definition) is 4. The number of nitrogens with two attached hydrogens (primary N) is 1. The van der Waals surface area contributed by atoms with E-state index in [1.54, 1.807) is 11.3 Å². The fourth-order valence-electron chi connectivity index (χ4n) is 3.63. The second-order valence-electron chi connectivity index (χ2n) is 7.16. The number of rotatable bonds is 3. The second-order valence-corrected chi connectivity index (χ2v) is 8.05. The fourth-order valence-corrected chi connectivity index (χ4v) is 4.74. The Morgan fingerprint density at radius 3 is 2.86 bits per heavy atom. The third-order valence-electron chi connectivity index (χ3n) is 5.04. The molecule has 1 aromatic rings. The summed E-state index contributed by atoms with van der Waals surface area (Å²) in [6.07, 6.45) is 5.08. The van der Waals surface area contributed by atoms with Gasteiger partial charge in [0.25, 0.3) is 0 Å². The van der Waals surface area contributed by atoms with Crippen molar-refractivity contribution in [3.05, 3.63) is 16.1 Å². The molecule has 1 aliphatic carbocycles. The maximum atomic E-state index is 12.7. The molecule has 2 heterocycles. The third-order valence-corrected chi connectivity index (χ3v) is 6.06. The molecule has 1 amide bonds. The highest BCUT2D eigenvalue weighted by atomic mass is 32.1. The molecule has 3 unspecified atom stereocenters. The van der Waals surface area contributed by atoms with Crippen molar-refractivity contribution in [2.75, 3.05) is 13.1 Å². The first kappa shape index (κ1) is 15.9. The van der Waals surface area contributed by atoms with Gasteiger partial charge in [-0.05, 0) is 38.0 Å². The van der Waals surface area contributed by atoms with Crippen LogP contribution in [0.5, 0.6) is 0 Å². The first-order chi connectivity index (χ1) is 10.5. The molecule has 0 aromatic carbocycles. The number of amides is 1. The quantitative estimate of drug-likeness (QED) is 0.930. The Morgan fingerprint density at radius 1 is 1.41 bits per heavy atom. The van der Waals surface area contributed by atoms with E-state index in [4.69, 9.17) is 10.7 Å². The first-order valence-electron chi connectivity index (χ1n) is 8.54. The van der Waals surface area contributed by atoms with Crippen LogP contribution in [0.4, 0.5) is 0 Å². The van der Waals surface area contributed by atoms with Gasteiger partial charge in [-0.15, -0.1) is 11.3 Å². The normalized spacial score (nSPS) is 29.3. The smallest absolute Gasteiger partial charge is 0.225 e. The van der Waals surface area contributed by atoms with Gasteiger partial charge in [-0.25, -0.2) is 4.98 Å². The highest BCUT2D eigenvalue weighted by Crippen LogP contribution is 2.33. The summed E-state index contributed by atoms with van der Waals surface area (Å²) in [5.41, 5.74) is 7.15. The lowest BCUT2D eigenvalue weighted by Crippen LogP contribution is -2.42. The molecule has 0 radical (unpaired) electrons. The van der Waals surface area contributed by atoms with E-state index in [1.807, 2.05) is 0 Å². The van der Waals surface area contributed by atoms with Crippen LogP contribution < -0.4 is 5.73 Å². The Kier molecular flexibility index (Phi) is 4.83. The summed E-state index contributed by atoms with van der Waals surface area (Å²) in [4.78, 5) is 19.6. The number of aromatic nitrogens is 1. The van der Waals surface area contributed by atoms with E-state index in [2.05, 4.69) is 24.1 Å². The summed E-state index contributed by atoms with van der Waals surface area (Å²) in [5.74, 6) is 1.39. The standard InChI is InChI=1S/C17H27N3OS/c1-11(2)15-10-22-16(19-15)13-4-3-7-20(9-13)17(21)12-5-6-14(18)8-12/h10-14H,3-9,18H2,1-2H3. The molecule has 122 valence electrons. The van der Waals surface area contributed by atoms with Crippen LogP contribution >= 0.6 is 11.3 Å². The summed E-state index contributed by atoms with van der Waals surface area (Å²) in [6, 6.07) is 0.224. The Bertz CT molecular complexity index is 528. The maximum absolute atomic E-state index is 12.7. The Balaban J connectivity index is 1.64. The minimum absolute atomic E-state index is 0.163. The van der Waals surface area contributed by atoms with Gasteiger partial charge in [0.1, 0.15) is 0 Å². The van der Waals surface area contributed by atoms with Gasteiger partial charge >= 0.3 is 0 Å². The minimum atomic E-state index is 0.163. The molecule has 1 aliphatic heterocycles. The van der Waals surface area contributed by atoms with Gasteiger partial charge in [-0.1, -0.05) is 13.8 Å². The Hall–Kier alpha value is -0.940. The first-order valence-corrected chi connectivity index (χ1v) is 9.42. The molecule has 0 bridgehead atoms. The van der Waals surface area contributed by atoms with Crippen LogP contribution in [0.15, 0.2) is 5.38 Å². The lowest BCUT2D eigenvalue weighted by atomic mass is 9.96. The van der Waals surface area contributed by atoms with Crippen LogP contribution in [0.2, 0.25) is 0 Å². The zero-order valence-electron chi connectivity index (χ0n) is 13.6. The number of thiazole rings is 1. The average Bonchev–Trinajstić information content (AvgIpc) is 3.15. The molecular weight excluding hydrogens is 294 g/mol. The molecule has 3 atom stereocenters. The van der Waals surface area contributed by atoms with Crippen LogP contribution in [-0.4, -0.2) is 34.9 Å². The summed E-state index contributed by atoms with van der Waals surface area (Å²) in [5, 5.41) is 3.39. The molecule has 1 saturated heterocycles. The Morgan fingerprint density at radius 2 is 2.23 bits per heavy atom. The lowest BCUT2D eigenvalue weighted by Gasteiger charge is -2.33. The largest absolute Gasteiger partial charge is 0.342 e. The van der Waals surface area contributed by atoms with Gasteiger partial charge in [-0.2, -0.15) is 0 Å². The Labute approximate surface area is 137 Å². The van der Waals surface area contributed by atoms with Crippen LogP contribution in [0.25, 0.3) is 0 Å². The highest BCUT2D eigenvalue weighted by molar-refractivity contribution is 7.09. The lowest BCUT2D eigenvalue weighted by molar-refractivity contribution is -0.136. The summed E-state index contributed by atoms with van der Waals surface area (Å²) in [7, 11) is 0. The predicted octanol–water partition coefficient (Wildman–Crippen LogP) is 3.10. The number of carbonyl (C=O) groups is 1. The van der Waals surface area contributed by atoms with Gasteiger partial charge in [0, 0.05) is 36.3 Å². The van der Waals surface area contributed by atoms with Gasteiger partial charge in [0.05, 0.1) is 10.7 Å². The van der Waals surface area contributed by atoms with Crippen molar-refractivity contribution in [2.24, 2.45) is 11.7 Å². The molecule has 5 heteroatoms. The van der Waals surface area contributed by atoms with E-state index < -0.39 is 0 Å². The van der Waals surface area contributed by atoms with Crippen LogP contribution in [-0.2, 0) is 4.79 Å². The monoisotopic (exact) mass is 321 g/mol. The van der Waals surface area contributed by atoms with Crippen LogP contribution in [0.1, 0.15) is 68.5 Å². The maximum Gasteiger partial charge on any atom is 0.225 e. The van der Waals surface area contributed by atoms with E-state index in [0.29, 0.717) is 17.7 Å². The van der Waals surface area contributed by atoms with Crippen molar-refractivity contribution in [1.29, 1.82) is 0 Å². The van der Waals surface area contributed by atoms with Crippen LogP contribution in [0, 0.1) is 5.92 Å². The molecular formula is C17H27N3OS. The van der Waals surface area contributed by atoms with E-state index >= 15 is 0 Å². The van der Waals surface area contributed by atoms with Crippen molar-refractivity contribution < 1.29 is 4.79 Å². The fraction of sp³-hybridized carbons (Fsp3) is 0.765. The van der Waals surface area contributed by atoms with E-state index in [-0.39, 0.29) is 12.0 Å². The van der Waals surface area contributed by atoms with Crippen molar-refractivity contribution in [1.82, 2.24) is 9.88 Å². The zero-order valence-corrected chi connectivity index (χ0v) is 14.4. The molecule has 1 aromatic heterocycles. The molecule has 22 heavy (non-hydrogen) atoms. The van der Waals surface area contributed by atoms with Crippen molar-refractivity contribution in [3.8, 4) is 0 Å². The number of piperidine rings is 1. The zero-order chi connectivity index (χ0) is 15.7. The molecule has 0 spiro atoms. The number of hydrogen-bond donors (Lipinski definition) is 1. The predicted molar refractivity (Wildman–Crippen MR) is 90.1 cm³/mol. The van der Waals surface area contributed by atoms with Gasteiger partial charge < -0.3 is 10.6 Å². The van der Waals surface area contributed by atoms with Gasteiger partial charge in [0.2, 0.25) is 5.91 Å². The van der Waals surface area contributed by atoms with Crippen molar-refractivity contribution in [3.63, 3.8) is 0 Å². The number of likely N-dealkylation sites (tertiary alicyclic amines) is 1. The molecule has 2 fully saturated rings. The van der Waals surface area contributed by atoms with Crippen molar-refractivity contribution >= 4 is 17.2 Å². The molecule has 2 aliphatic rings. The van der Waals surface area contributed by atoms with Gasteiger partial charge in [-0.3, -0.25) is 4.79 Å². The minimum Gasteiger partial charge on any atom is -0.342 e. The molecule has 3 rings (SSSR count). The van der Waals surface area contributed by atoms with Crippen LogP contribution in [0.3, 0.4) is 0 Å². The molecule has 1 saturated carbocycles. The molecule has 2 N–H and O–H groups in total. The average molecular weight is 321 g/mol. The third kappa shape index (κ3) is 3.35. The summed E-state index contributed by atoms with van der Waals surface area (Å²) in [6.45, 7) is 6.11. The topological polar surface area (TPSA) is 59.2 Å². The summed E-state index contributed by atoms with van der Waals surface area (Å²) >= 11 is 1.76. The van der Waals surface area contributed by atoms with Gasteiger partial charge in [0.15, 0.2) is 0 Å².